The van der Waals surface area contributed by atoms with Crippen LogP contribution in [-0.2, 0) is 11.3 Å². The highest BCUT2D eigenvalue weighted by atomic mass is 35.5. The average Bonchev–Trinajstić information content (AvgIpc) is 2.64. The van der Waals surface area contributed by atoms with Crippen LogP contribution in [0.4, 0.5) is 5.69 Å². The van der Waals surface area contributed by atoms with E-state index in [0.717, 1.165) is 37.6 Å². The number of hydrogen-bond acceptors (Lipinski definition) is 3. The molecule has 0 N–H and O–H groups in total. The first-order valence-corrected chi connectivity index (χ1v) is 8.93. The van der Waals surface area contributed by atoms with Crippen LogP contribution in [0, 0.1) is 0 Å². The molecule has 0 spiro atoms. The predicted molar refractivity (Wildman–Crippen MR) is 102 cm³/mol. The molecule has 0 saturated carbocycles. The van der Waals surface area contributed by atoms with Gasteiger partial charge < -0.3 is 14.5 Å². The van der Waals surface area contributed by atoms with Gasteiger partial charge in [0.1, 0.15) is 0 Å². The van der Waals surface area contributed by atoms with E-state index < -0.39 is 0 Å². The molecular formula is C19H20Cl2N2O2. The molecule has 0 bridgehead atoms. The number of benzene rings is 2. The van der Waals surface area contributed by atoms with Crippen molar-refractivity contribution >= 4 is 34.8 Å². The summed E-state index contributed by atoms with van der Waals surface area (Å²) in [7, 11) is 1.77. The number of rotatable bonds is 4. The summed E-state index contributed by atoms with van der Waals surface area (Å²) in [6, 6.07) is 13.1. The lowest BCUT2D eigenvalue weighted by atomic mass is 10.1. The Kier molecular flexibility index (Phi) is 5.84. The summed E-state index contributed by atoms with van der Waals surface area (Å²) in [5.41, 5.74) is 2.65. The molecule has 0 aliphatic carbocycles. The number of hydrogen-bond donors (Lipinski definition) is 0. The molecule has 0 atom stereocenters. The van der Waals surface area contributed by atoms with Crippen LogP contribution >= 0.6 is 23.2 Å². The van der Waals surface area contributed by atoms with Crippen LogP contribution in [-0.4, -0.2) is 44.2 Å². The maximum atomic E-state index is 12.8. The fourth-order valence-corrected chi connectivity index (χ4v) is 3.32. The lowest BCUT2D eigenvalue weighted by Crippen LogP contribution is -2.37. The Hall–Kier alpha value is -1.75. The molecule has 1 aliphatic rings. The highest BCUT2D eigenvalue weighted by Gasteiger charge is 2.19. The molecule has 2 aromatic rings. The smallest absolute Gasteiger partial charge is 0.255 e. The van der Waals surface area contributed by atoms with E-state index in [1.807, 2.05) is 18.2 Å². The van der Waals surface area contributed by atoms with Gasteiger partial charge in [0.2, 0.25) is 0 Å². The first kappa shape index (κ1) is 18.1. The molecule has 25 heavy (non-hydrogen) atoms. The molecule has 3 rings (SSSR count). The monoisotopic (exact) mass is 378 g/mol. The molecular weight excluding hydrogens is 359 g/mol. The van der Waals surface area contributed by atoms with Crippen LogP contribution in [0.3, 0.4) is 0 Å². The van der Waals surface area contributed by atoms with Crippen molar-refractivity contribution in [2.24, 2.45) is 0 Å². The first-order chi connectivity index (χ1) is 12.1. The average molecular weight is 379 g/mol. The van der Waals surface area contributed by atoms with E-state index >= 15 is 0 Å². The molecule has 1 amide bonds. The van der Waals surface area contributed by atoms with E-state index in [1.54, 1.807) is 30.1 Å². The summed E-state index contributed by atoms with van der Waals surface area (Å²) in [6.45, 7) is 3.65. The second kappa shape index (κ2) is 8.09. The Morgan fingerprint density at radius 1 is 1.16 bits per heavy atom. The zero-order valence-corrected chi connectivity index (χ0v) is 15.6. The van der Waals surface area contributed by atoms with Crippen LogP contribution in [0.5, 0.6) is 0 Å². The quantitative estimate of drug-likeness (QED) is 0.802. The minimum absolute atomic E-state index is 0.149. The topological polar surface area (TPSA) is 32.8 Å². The molecule has 0 aromatic heterocycles. The standard InChI is InChI=1S/C19H20Cl2N2O2/c1-22(19(24)16-12-15(20)6-7-17(16)21)13-14-4-2-3-5-18(14)23-8-10-25-11-9-23/h2-7,12H,8-11,13H2,1H3. The normalized spacial score (nSPS) is 14.4. The summed E-state index contributed by atoms with van der Waals surface area (Å²) in [6.07, 6.45) is 0. The van der Waals surface area contributed by atoms with Crippen molar-refractivity contribution in [2.45, 2.75) is 6.54 Å². The molecule has 4 nitrogen and oxygen atoms in total. The summed E-state index contributed by atoms with van der Waals surface area (Å²) in [4.78, 5) is 16.7. The summed E-state index contributed by atoms with van der Waals surface area (Å²) in [5, 5.41) is 0.901. The second-order valence-corrected chi connectivity index (χ2v) is 6.86. The van der Waals surface area contributed by atoms with E-state index in [0.29, 0.717) is 22.2 Å². The SMILES string of the molecule is CN(Cc1ccccc1N1CCOCC1)C(=O)c1cc(Cl)ccc1Cl. The van der Waals surface area contributed by atoms with Gasteiger partial charge in [-0.2, -0.15) is 0 Å². The number of ether oxygens (including phenoxy) is 1. The third-order valence-electron chi connectivity index (χ3n) is 4.26. The van der Waals surface area contributed by atoms with Gasteiger partial charge in [-0.3, -0.25) is 4.79 Å². The molecule has 132 valence electrons. The Labute approximate surface area is 157 Å². The van der Waals surface area contributed by atoms with Crippen LogP contribution in [0.1, 0.15) is 15.9 Å². The van der Waals surface area contributed by atoms with Crippen molar-refractivity contribution < 1.29 is 9.53 Å². The van der Waals surface area contributed by atoms with E-state index in [4.69, 9.17) is 27.9 Å². The molecule has 1 aliphatic heterocycles. The van der Waals surface area contributed by atoms with Crippen LogP contribution in [0.15, 0.2) is 42.5 Å². The van der Waals surface area contributed by atoms with E-state index in [2.05, 4.69) is 11.0 Å². The Bertz CT molecular complexity index is 761. The molecule has 2 aromatic carbocycles. The van der Waals surface area contributed by atoms with Gasteiger partial charge in [0.15, 0.2) is 0 Å². The van der Waals surface area contributed by atoms with Crippen molar-refractivity contribution in [3.05, 3.63) is 63.6 Å². The third kappa shape index (κ3) is 4.27. The van der Waals surface area contributed by atoms with Crippen LogP contribution in [0.25, 0.3) is 0 Å². The highest BCUT2D eigenvalue weighted by molar-refractivity contribution is 6.35. The van der Waals surface area contributed by atoms with Crippen LogP contribution < -0.4 is 4.90 Å². The highest BCUT2D eigenvalue weighted by Crippen LogP contribution is 2.25. The van der Waals surface area contributed by atoms with Gasteiger partial charge in [0.25, 0.3) is 5.91 Å². The number of carbonyl (C=O) groups excluding carboxylic acids is 1. The number of carbonyl (C=O) groups is 1. The summed E-state index contributed by atoms with van der Waals surface area (Å²) >= 11 is 12.2. The number of morpholine rings is 1. The van der Waals surface area contributed by atoms with Gasteiger partial charge in [-0.05, 0) is 29.8 Å². The van der Waals surface area contributed by atoms with Crippen molar-refractivity contribution in [1.29, 1.82) is 0 Å². The number of amides is 1. The Balaban J connectivity index is 1.80. The van der Waals surface area contributed by atoms with Gasteiger partial charge in [0, 0.05) is 37.4 Å². The zero-order valence-electron chi connectivity index (χ0n) is 14.0. The largest absolute Gasteiger partial charge is 0.378 e. The number of para-hydroxylation sites is 1. The fourth-order valence-electron chi connectivity index (χ4n) is 2.95. The predicted octanol–water partition coefficient (Wildman–Crippen LogP) is 4.10. The third-order valence-corrected chi connectivity index (χ3v) is 4.82. The second-order valence-electron chi connectivity index (χ2n) is 6.01. The number of halogens is 2. The van der Waals surface area contributed by atoms with Crippen molar-refractivity contribution in [1.82, 2.24) is 4.90 Å². The van der Waals surface area contributed by atoms with Gasteiger partial charge >= 0.3 is 0 Å². The van der Waals surface area contributed by atoms with Gasteiger partial charge in [-0.25, -0.2) is 0 Å². The van der Waals surface area contributed by atoms with Crippen molar-refractivity contribution in [2.75, 3.05) is 38.3 Å². The maximum Gasteiger partial charge on any atom is 0.255 e. The Morgan fingerprint density at radius 2 is 1.88 bits per heavy atom. The Morgan fingerprint density at radius 3 is 2.64 bits per heavy atom. The lowest BCUT2D eigenvalue weighted by molar-refractivity contribution is 0.0785. The molecule has 0 radical (unpaired) electrons. The molecule has 6 heteroatoms. The van der Waals surface area contributed by atoms with Gasteiger partial charge in [0.05, 0.1) is 23.8 Å². The number of nitrogens with zero attached hydrogens (tertiary/aromatic N) is 2. The van der Waals surface area contributed by atoms with Crippen molar-refractivity contribution in [3.63, 3.8) is 0 Å². The van der Waals surface area contributed by atoms with E-state index in [-0.39, 0.29) is 5.91 Å². The summed E-state index contributed by atoms with van der Waals surface area (Å²) < 4.78 is 5.43. The first-order valence-electron chi connectivity index (χ1n) is 8.17. The molecule has 1 saturated heterocycles. The summed E-state index contributed by atoms with van der Waals surface area (Å²) in [5.74, 6) is -0.149. The van der Waals surface area contributed by atoms with E-state index in [9.17, 15) is 4.79 Å². The number of anilines is 1. The molecule has 1 heterocycles. The zero-order chi connectivity index (χ0) is 17.8. The minimum Gasteiger partial charge on any atom is -0.378 e. The fraction of sp³-hybridized carbons (Fsp3) is 0.316. The van der Waals surface area contributed by atoms with Crippen molar-refractivity contribution in [3.8, 4) is 0 Å². The van der Waals surface area contributed by atoms with Crippen LogP contribution in [0.2, 0.25) is 10.0 Å². The lowest BCUT2D eigenvalue weighted by Gasteiger charge is -2.31. The van der Waals surface area contributed by atoms with Gasteiger partial charge in [-0.1, -0.05) is 41.4 Å². The minimum atomic E-state index is -0.149. The molecule has 1 fully saturated rings. The maximum absolute atomic E-state index is 12.8. The molecule has 0 unspecified atom stereocenters. The van der Waals surface area contributed by atoms with E-state index in [1.165, 1.54) is 0 Å². The van der Waals surface area contributed by atoms with Gasteiger partial charge in [-0.15, -0.1) is 0 Å².